The maximum absolute atomic E-state index is 10.9. The number of nitrogens with zero attached hydrogens (tertiary/aromatic N) is 1. The number of hydrogen-bond acceptors (Lipinski definition) is 4. The lowest BCUT2D eigenvalue weighted by molar-refractivity contribution is -0.384. The summed E-state index contributed by atoms with van der Waals surface area (Å²) in [5.74, 6) is 0.381. The highest BCUT2D eigenvalue weighted by atomic mass is 35.5. The van der Waals surface area contributed by atoms with Crippen LogP contribution in [-0.4, -0.2) is 16.3 Å². The van der Waals surface area contributed by atoms with Gasteiger partial charge in [-0.1, -0.05) is 6.92 Å². The van der Waals surface area contributed by atoms with E-state index in [1.807, 2.05) is 0 Å². The van der Waals surface area contributed by atoms with Crippen LogP contribution in [0.4, 0.5) is 5.69 Å². The largest absolute Gasteiger partial charge is 0.481 e. The second-order valence-corrected chi connectivity index (χ2v) is 3.44. The first-order valence-corrected chi connectivity index (χ1v) is 5.03. The fourth-order valence-electron chi connectivity index (χ4n) is 1.10. The predicted molar refractivity (Wildman–Crippen MR) is 58.7 cm³/mol. The van der Waals surface area contributed by atoms with Crippen LogP contribution in [-0.2, 0) is 4.79 Å². The molecule has 0 aliphatic heterocycles. The van der Waals surface area contributed by atoms with Crippen molar-refractivity contribution in [1.29, 1.82) is 0 Å². The Morgan fingerprint density at radius 1 is 1.50 bits per heavy atom. The van der Waals surface area contributed by atoms with Crippen molar-refractivity contribution in [3.63, 3.8) is 0 Å². The molecule has 1 unspecified atom stereocenters. The number of carbonyl (C=O) groups is 1. The van der Waals surface area contributed by atoms with Crippen molar-refractivity contribution in [1.82, 2.24) is 0 Å². The molecule has 6 heteroatoms. The maximum Gasteiger partial charge on any atom is 0.269 e. The van der Waals surface area contributed by atoms with Gasteiger partial charge < -0.3 is 4.74 Å². The Hall–Kier alpha value is -1.62. The van der Waals surface area contributed by atoms with E-state index in [2.05, 4.69) is 0 Å². The standard InChI is InChI=1S/C10H10ClNO4/c1-2-9(10(11)13)16-8-5-3-7(4-6-8)12(14)15/h3-6,9H,2H2,1H3. The summed E-state index contributed by atoms with van der Waals surface area (Å²) in [6, 6.07) is 5.47. The second-order valence-electron chi connectivity index (χ2n) is 3.07. The minimum absolute atomic E-state index is 0.0300. The average Bonchev–Trinajstić information content (AvgIpc) is 2.26. The van der Waals surface area contributed by atoms with Crippen molar-refractivity contribution in [3.8, 4) is 5.75 Å². The number of ether oxygens (including phenoxy) is 1. The Labute approximate surface area is 97.1 Å². The van der Waals surface area contributed by atoms with Gasteiger partial charge in [-0.15, -0.1) is 0 Å². The van der Waals surface area contributed by atoms with Gasteiger partial charge in [0.15, 0.2) is 6.10 Å². The number of nitro groups is 1. The highest BCUT2D eigenvalue weighted by Crippen LogP contribution is 2.19. The summed E-state index contributed by atoms with van der Waals surface area (Å²) < 4.78 is 5.26. The van der Waals surface area contributed by atoms with Gasteiger partial charge in [0.05, 0.1) is 4.92 Å². The number of hydrogen-bond donors (Lipinski definition) is 0. The highest BCUT2D eigenvalue weighted by molar-refractivity contribution is 6.64. The Morgan fingerprint density at radius 3 is 2.44 bits per heavy atom. The highest BCUT2D eigenvalue weighted by Gasteiger charge is 2.16. The van der Waals surface area contributed by atoms with Gasteiger partial charge in [-0.3, -0.25) is 14.9 Å². The minimum Gasteiger partial charge on any atom is -0.481 e. The van der Waals surface area contributed by atoms with E-state index in [1.165, 1.54) is 24.3 Å². The zero-order valence-electron chi connectivity index (χ0n) is 8.55. The molecule has 0 aliphatic rings. The van der Waals surface area contributed by atoms with Gasteiger partial charge >= 0.3 is 0 Å². The maximum atomic E-state index is 10.9. The van der Waals surface area contributed by atoms with Crippen LogP contribution in [0, 0.1) is 10.1 Å². The molecule has 0 bridgehead atoms. The molecule has 16 heavy (non-hydrogen) atoms. The van der Waals surface area contributed by atoms with E-state index >= 15 is 0 Å². The van der Waals surface area contributed by atoms with Crippen molar-refractivity contribution in [2.45, 2.75) is 19.4 Å². The lowest BCUT2D eigenvalue weighted by Crippen LogP contribution is -2.22. The van der Waals surface area contributed by atoms with E-state index in [-0.39, 0.29) is 5.69 Å². The molecule has 1 aromatic rings. The van der Waals surface area contributed by atoms with Crippen LogP contribution in [0.5, 0.6) is 5.75 Å². The van der Waals surface area contributed by atoms with Crippen LogP contribution < -0.4 is 4.74 Å². The summed E-state index contributed by atoms with van der Waals surface area (Å²) in [6.07, 6.45) is -0.276. The van der Waals surface area contributed by atoms with E-state index in [4.69, 9.17) is 16.3 Å². The molecule has 0 aromatic heterocycles. The van der Waals surface area contributed by atoms with Gasteiger partial charge in [0.25, 0.3) is 10.9 Å². The molecule has 0 saturated carbocycles. The molecule has 1 atom stereocenters. The smallest absolute Gasteiger partial charge is 0.269 e. The molecule has 0 fully saturated rings. The lowest BCUT2D eigenvalue weighted by Gasteiger charge is -2.12. The Bertz CT molecular complexity index is 390. The van der Waals surface area contributed by atoms with Crippen LogP contribution in [0.3, 0.4) is 0 Å². The minimum atomic E-state index is -0.719. The van der Waals surface area contributed by atoms with Gasteiger partial charge in [-0.2, -0.15) is 0 Å². The van der Waals surface area contributed by atoms with Crippen molar-refractivity contribution < 1.29 is 14.5 Å². The van der Waals surface area contributed by atoms with Crippen LogP contribution in [0.25, 0.3) is 0 Å². The Kier molecular flexibility index (Phi) is 4.25. The van der Waals surface area contributed by atoms with Crippen LogP contribution in [0.15, 0.2) is 24.3 Å². The third kappa shape index (κ3) is 3.20. The predicted octanol–water partition coefficient (Wildman–Crippen LogP) is 2.52. The molecule has 86 valence electrons. The van der Waals surface area contributed by atoms with Crippen molar-refractivity contribution >= 4 is 22.5 Å². The van der Waals surface area contributed by atoms with E-state index < -0.39 is 16.3 Å². The quantitative estimate of drug-likeness (QED) is 0.453. The zero-order valence-corrected chi connectivity index (χ0v) is 9.31. The molecule has 0 radical (unpaired) electrons. The van der Waals surface area contributed by atoms with Crippen LogP contribution in [0.1, 0.15) is 13.3 Å². The molecule has 0 saturated heterocycles. The van der Waals surface area contributed by atoms with Crippen LogP contribution >= 0.6 is 11.6 Å². The lowest BCUT2D eigenvalue weighted by atomic mass is 10.3. The van der Waals surface area contributed by atoms with E-state index in [0.717, 1.165) is 0 Å². The summed E-state index contributed by atoms with van der Waals surface area (Å²) in [7, 11) is 0. The van der Waals surface area contributed by atoms with Crippen molar-refractivity contribution in [2.75, 3.05) is 0 Å². The van der Waals surface area contributed by atoms with E-state index in [9.17, 15) is 14.9 Å². The zero-order chi connectivity index (χ0) is 12.1. The van der Waals surface area contributed by atoms with Crippen molar-refractivity contribution in [2.24, 2.45) is 0 Å². The van der Waals surface area contributed by atoms with Gasteiger partial charge in [-0.25, -0.2) is 0 Å². The van der Waals surface area contributed by atoms with Gasteiger partial charge in [-0.05, 0) is 30.2 Å². The first-order chi connectivity index (χ1) is 7.54. The third-order valence-electron chi connectivity index (χ3n) is 1.95. The summed E-state index contributed by atoms with van der Waals surface area (Å²) in [6.45, 7) is 1.76. The number of carbonyl (C=O) groups excluding carboxylic acids is 1. The average molecular weight is 244 g/mol. The number of rotatable bonds is 5. The molecule has 1 rings (SSSR count). The fourth-order valence-corrected chi connectivity index (χ4v) is 1.30. The summed E-state index contributed by atoms with van der Waals surface area (Å²) in [5.41, 5.74) is -0.0300. The first kappa shape index (κ1) is 12.4. The van der Waals surface area contributed by atoms with Crippen LogP contribution in [0.2, 0.25) is 0 Å². The molecule has 0 spiro atoms. The van der Waals surface area contributed by atoms with Gasteiger partial charge in [0, 0.05) is 12.1 Å². The second kappa shape index (κ2) is 5.46. The number of halogens is 1. The monoisotopic (exact) mass is 243 g/mol. The van der Waals surface area contributed by atoms with E-state index in [0.29, 0.717) is 12.2 Å². The molecule has 0 amide bonds. The summed E-state index contributed by atoms with van der Waals surface area (Å²) in [5, 5.41) is 9.81. The molecule has 0 aliphatic carbocycles. The Morgan fingerprint density at radius 2 is 2.06 bits per heavy atom. The molecular formula is C10H10ClNO4. The molecular weight excluding hydrogens is 234 g/mol. The van der Waals surface area contributed by atoms with Gasteiger partial charge in [0.1, 0.15) is 5.75 Å². The molecule has 5 nitrogen and oxygen atoms in total. The fraction of sp³-hybridized carbons (Fsp3) is 0.300. The van der Waals surface area contributed by atoms with E-state index in [1.54, 1.807) is 6.92 Å². The molecule has 0 heterocycles. The SMILES string of the molecule is CCC(Oc1ccc([N+](=O)[O-])cc1)C(=O)Cl. The summed E-state index contributed by atoms with van der Waals surface area (Å²) in [4.78, 5) is 20.8. The topological polar surface area (TPSA) is 69.4 Å². The number of non-ortho nitro benzene ring substituents is 1. The normalized spacial score (nSPS) is 11.9. The number of nitro benzene ring substituents is 1. The number of benzene rings is 1. The molecule has 0 N–H and O–H groups in total. The molecule has 1 aromatic carbocycles. The Balaban J connectivity index is 2.75. The van der Waals surface area contributed by atoms with Gasteiger partial charge in [0.2, 0.25) is 0 Å². The first-order valence-electron chi connectivity index (χ1n) is 4.65. The van der Waals surface area contributed by atoms with Crippen molar-refractivity contribution in [3.05, 3.63) is 34.4 Å². The third-order valence-corrected chi connectivity index (χ3v) is 2.19. The summed E-state index contributed by atoms with van der Waals surface area (Å²) >= 11 is 5.30.